The van der Waals surface area contributed by atoms with Gasteiger partial charge in [-0.2, -0.15) is 0 Å². The van der Waals surface area contributed by atoms with E-state index >= 15 is 0 Å². The van der Waals surface area contributed by atoms with Gasteiger partial charge in [0, 0.05) is 17.8 Å². The summed E-state index contributed by atoms with van der Waals surface area (Å²) in [6, 6.07) is 36.5. The van der Waals surface area contributed by atoms with E-state index in [1.54, 1.807) is 0 Å². The van der Waals surface area contributed by atoms with Crippen LogP contribution >= 0.6 is 22.6 Å². The SMILES string of the molecule is CCOc1cc(C=Nc2ccc([C@@H]3Nc4ccccc4[C@@H]4C=CC[C@H]43)cc2)cc(I)c1OCc1cccc2ccccc12. The fourth-order valence-corrected chi connectivity index (χ4v) is 7.21. The Bertz CT molecular complexity index is 1820. The molecule has 2 aliphatic rings. The van der Waals surface area contributed by atoms with Gasteiger partial charge in [-0.3, -0.25) is 4.99 Å². The van der Waals surface area contributed by atoms with E-state index in [0.29, 0.717) is 25.0 Å². The number of hydrogen-bond acceptors (Lipinski definition) is 4. The fourth-order valence-electron chi connectivity index (χ4n) is 6.42. The number of halogens is 1. The monoisotopic (exact) mass is 676 g/mol. The zero-order valence-corrected chi connectivity index (χ0v) is 26.2. The molecule has 0 saturated heterocycles. The highest BCUT2D eigenvalue weighted by molar-refractivity contribution is 14.1. The molecule has 1 heterocycles. The van der Waals surface area contributed by atoms with Crippen LogP contribution in [0.15, 0.2) is 120 Å². The maximum Gasteiger partial charge on any atom is 0.175 e. The van der Waals surface area contributed by atoms with Gasteiger partial charge in [0.15, 0.2) is 11.5 Å². The van der Waals surface area contributed by atoms with Crippen LogP contribution in [0.3, 0.4) is 0 Å². The molecule has 5 aromatic rings. The molecule has 0 amide bonds. The lowest BCUT2D eigenvalue weighted by molar-refractivity contribution is 0.268. The Morgan fingerprint density at radius 2 is 1.72 bits per heavy atom. The van der Waals surface area contributed by atoms with E-state index in [1.165, 1.54) is 27.6 Å². The Hall–Kier alpha value is -4.10. The average Bonchev–Trinajstić information content (AvgIpc) is 3.54. The standard InChI is InChI=1S/C38H33IN2O2/c1-2-42-36-22-25(21-34(39)38(36)43-24-28-11-7-10-26-9-3-4-12-30(26)28)23-40-29-19-17-27(18-20-29)37-33-15-8-14-31(33)32-13-5-6-16-35(32)41-37/h3-14,16-23,31,33,37,41H,2,15,24H2,1H3/t31-,33+,37-/m0/s1. The fraction of sp³-hybridized carbons (Fsp3) is 0.184. The Labute approximate surface area is 266 Å². The number of aliphatic imine (C=N–C) groups is 1. The normalized spacial score (nSPS) is 18.8. The Kier molecular flexibility index (Phi) is 7.90. The third-order valence-corrected chi connectivity index (χ3v) is 9.27. The summed E-state index contributed by atoms with van der Waals surface area (Å²) < 4.78 is 13.4. The van der Waals surface area contributed by atoms with Crippen molar-refractivity contribution in [2.75, 3.05) is 11.9 Å². The van der Waals surface area contributed by atoms with Gasteiger partial charge in [-0.25, -0.2) is 0 Å². The maximum absolute atomic E-state index is 6.37. The molecule has 0 spiro atoms. The predicted octanol–water partition coefficient (Wildman–Crippen LogP) is 10.00. The van der Waals surface area contributed by atoms with Crippen LogP contribution < -0.4 is 14.8 Å². The first-order valence-corrected chi connectivity index (χ1v) is 16.0. The molecule has 1 N–H and O–H groups in total. The molecule has 0 unspecified atom stereocenters. The van der Waals surface area contributed by atoms with E-state index in [2.05, 4.69) is 137 Å². The average molecular weight is 677 g/mol. The molecule has 1 aliphatic carbocycles. The van der Waals surface area contributed by atoms with Crippen molar-refractivity contribution in [1.29, 1.82) is 0 Å². The van der Waals surface area contributed by atoms with E-state index in [-0.39, 0.29) is 6.04 Å². The predicted molar refractivity (Wildman–Crippen MR) is 185 cm³/mol. The van der Waals surface area contributed by atoms with Gasteiger partial charge in [-0.1, -0.05) is 84.9 Å². The van der Waals surface area contributed by atoms with Crippen LogP contribution in [0.4, 0.5) is 11.4 Å². The van der Waals surface area contributed by atoms with Crippen molar-refractivity contribution in [2.45, 2.75) is 31.9 Å². The summed E-state index contributed by atoms with van der Waals surface area (Å²) in [5.41, 5.74) is 6.99. The minimum absolute atomic E-state index is 0.282. The third kappa shape index (κ3) is 5.66. The lowest BCUT2D eigenvalue weighted by Crippen LogP contribution is -2.28. The third-order valence-electron chi connectivity index (χ3n) is 8.47. The second kappa shape index (κ2) is 12.3. The van der Waals surface area contributed by atoms with Crippen LogP contribution in [0.2, 0.25) is 0 Å². The number of nitrogens with zero attached hydrogens (tertiary/aromatic N) is 1. The van der Waals surface area contributed by atoms with Crippen LogP contribution in [-0.2, 0) is 6.61 Å². The second-order valence-corrected chi connectivity index (χ2v) is 12.3. The molecule has 7 rings (SSSR count). The van der Waals surface area contributed by atoms with Crippen LogP contribution in [0.5, 0.6) is 11.5 Å². The number of hydrogen-bond donors (Lipinski definition) is 1. The highest BCUT2D eigenvalue weighted by atomic mass is 127. The summed E-state index contributed by atoms with van der Waals surface area (Å²) in [6.45, 7) is 3.02. The Balaban J connectivity index is 1.08. The highest BCUT2D eigenvalue weighted by Crippen LogP contribution is 2.49. The number of anilines is 1. The van der Waals surface area contributed by atoms with E-state index in [1.807, 2.05) is 19.2 Å². The maximum atomic E-state index is 6.37. The van der Waals surface area contributed by atoms with Crippen molar-refractivity contribution in [1.82, 2.24) is 0 Å². The number of para-hydroxylation sites is 1. The zero-order chi connectivity index (χ0) is 29.2. The van der Waals surface area contributed by atoms with Crippen molar-refractivity contribution >= 4 is 51.0 Å². The molecule has 1 aliphatic heterocycles. The number of fused-ring (bicyclic) bond motifs is 4. The summed E-state index contributed by atoms with van der Waals surface area (Å²) in [7, 11) is 0. The molecule has 0 saturated carbocycles. The van der Waals surface area contributed by atoms with Gasteiger partial charge >= 0.3 is 0 Å². The Morgan fingerprint density at radius 3 is 2.60 bits per heavy atom. The summed E-state index contributed by atoms with van der Waals surface area (Å²) >= 11 is 2.33. The molecule has 0 radical (unpaired) electrons. The van der Waals surface area contributed by atoms with Crippen LogP contribution in [-0.4, -0.2) is 12.8 Å². The summed E-state index contributed by atoms with van der Waals surface area (Å²) in [5.74, 6) is 2.50. The number of ether oxygens (including phenoxy) is 2. The molecule has 0 bridgehead atoms. The van der Waals surface area contributed by atoms with E-state index in [4.69, 9.17) is 14.5 Å². The largest absolute Gasteiger partial charge is 0.490 e. The quantitative estimate of drug-likeness (QED) is 0.101. The van der Waals surface area contributed by atoms with Gasteiger partial charge in [-0.15, -0.1) is 0 Å². The molecular formula is C38H33IN2O2. The topological polar surface area (TPSA) is 42.8 Å². The molecule has 43 heavy (non-hydrogen) atoms. The molecule has 0 aromatic heterocycles. The molecule has 4 nitrogen and oxygen atoms in total. The van der Waals surface area contributed by atoms with Gasteiger partial charge in [0.05, 0.1) is 21.9 Å². The summed E-state index contributed by atoms with van der Waals surface area (Å²) in [6.07, 6.45) is 7.72. The summed E-state index contributed by atoms with van der Waals surface area (Å²) in [4.78, 5) is 4.81. The van der Waals surface area contributed by atoms with Gasteiger partial charge in [0.2, 0.25) is 0 Å². The van der Waals surface area contributed by atoms with Crippen LogP contribution in [0.1, 0.15) is 47.6 Å². The molecule has 5 heteroatoms. The highest BCUT2D eigenvalue weighted by Gasteiger charge is 2.37. The number of allylic oxidation sites excluding steroid dienone is 2. The first-order valence-electron chi connectivity index (χ1n) is 14.9. The first-order chi connectivity index (χ1) is 21.2. The van der Waals surface area contributed by atoms with Gasteiger partial charge in [0.25, 0.3) is 0 Å². The van der Waals surface area contributed by atoms with E-state index in [9.17, 15) is 0 Å². The molecule has 3 atom stereocenters. The minimum Gasteiger partial charge on any atom is -0.490 e. The molecule has 5 aromatic carbocycles. The van der Waals surface area contributed by atoms with E-state index < -0.39 is 0 Å². The molecule has 0 fully saturated rings. The smallest absolute Gasteiger partial charge is 0.175 e. The first kappa shape index (κ1) is 27.7. The zero-order valence-electron chi connectivity index (χ0n) is 24.0. The number of rotatable bonds is 8. The number of nitrogens with one attached hydrogen (secondary N) is 1. The Morgan fingerprint density at radius 1 is 0.907 bits per heavy atom. The second-order valence-electron chi connectivity index (χ2n) is 11.1. The van der Waals surface area contributed by atoms with Crippen LogP contribution in [0.25, 0.3) is 10.8 Å². The summed E-state index contributed by atoms with van der Waals surface area (Å²) in [5, 5.41) is 6.23. The van der Waals surface area contributed by atoms with Crippen molar-refractivity contribution in [3.63, 3.8) is 0 Å². The van der Waals surface area contributed by atoms with Gasteiger partial charge in [-0.05, 0) is 105 Å². The molecule has 214 valence electrons. The van der Waals surface area contributed by atoms with Crippen molar-refractivity contribution in [3.8, 4) is 11.5 Å². The van der Waals surface area contributed by atoms with Crippen LogP contribution in [0, 0.1) is 9.49 Å². The van der Waals surface area contributed by atoms with E-state index in [0.717, 1.165) is 38.3 Å². The lowest BCUT2D eigenvalue weighted by Gasteiger charge is -2.37. The van der Waals surface area contributed by atoms with Gasteiger partial charge < -0.3 is 14.8 Å². The minimum atomic E-state index is 0.282. The number of benzene rings is 5. The van der Waals surface area contributed by atoms with Crippen molar-refractivity contribution < 1.29 is 9.47 Å². The van der Waals surface area contributed by atoms with Gasteiger partial charge in [0.1, 0.15) is 6.61 Å². The van der Waals surface area contributed by atoms with Crippen molar-refractivity contribution in [3.05, 3.63) is 141 Å². The molecular weight excluding hydrogens is 643 g/mol. The van der Waals surface area contributed by atoms with Crippen molar-refractivity contribution in [2.24, 2.45) is 10.9 Å². The lowest BCUT2D eigenvalue weighted by atomic mass is 9.77.